The highest BCUT2D eigenvalue weighted by Crippen LogP contribution is 2.25. The molecule has 19 heavy (non-hydrogen) atoms. The number of hydrogen-bond acceptors (Lipinski definition) is 3. The minimum Gasteiger partial charge on any atom is -0.495 e. The molecule has 1 aromatic rings. The zero-order valence-electron chi connectivity index (χ0n) is 11.8. The van der Waals surface area contributed by atoms with Gasteiger partial charge in [-0.15, -0.1) is 0 Å². The normalized spacial score (nSPS) is 20.5. The van der Waals surface area contributed by atoms with Crippen molar-refractivity contribution in [3.8, 4) is 5.75 Å². The van der Waals surface area contributed by atoms with Gasteiger partial charge in [-0.25, -0.2) is 0 Å². The van der Waals surface area contributed by atoms with Crippen molar-refractivity contribution < 1.29 is 4.74 Å². The number of halogens is 1. The van der Waals surface area contributed by atoms with Crippen molar-refractivity contribution in [2.24, 2.45) is 0 Å². The van der Waals surface area contributed by atoms with E-state index in [1.165, 1.54) is 24.9 Å². The topological polar surface area (TPSA) is 24.5 Å². The van der Waals surface area contributed by atoms with Crippen LogP contribution in [0.4, 0.5) is 0 Å². The predicted molar refractivity (Wildman–Crippen MR) is 80.0 cm³/mol. The van der Waals surface area contributed by atoms with Gasteiger partial charge in [0.15, 0.2) is 0 Å². The third-order valence-electron chi connectivity index (χ3n) is 3.76. The van der Waals surface area contributed by atoms with Crippen LogP contribution in [0, 0.1) is 0 Å². The van der Waals surface area contributed by atoms with E-state index in [1.54, 1.807) is 7.11 Å². The Kier molecular flexibility index (Phi) is 5.49. The quantitative estimate of drug-likeness (QED) is 0.899. The Hall–Kier alpha value is -0.770. The summed E-state index contributed by atoms with van der Waals surface area (Å²) >= 11 is 6.14. The van der Waals surface area contributed by atoms with Gasteiger partial charge in [0.25, 0.3) is 0 Å². The van der Waals surface area contributed by atoms with Crippen LogP contribution in [0.25, 0.3) is 0 Å². The molecular formula is C15H23ClN2O. The summed E-state index contributed by atoms with van der Waals surface area (Å²) in [6.45, 7) is 6.63. The number of rotatable bonds is 5. The number of nitrogens with zero attached hydrogens (tertiary/aromatic N) is 1. The number of piperidine rings is 1. The third-order valence-corrected chi connectivity index (χ3v) is 4.06. The lowest BCUT2D eigenvalue weighted by atomic mass is 10.1. The van der Waals surface area contributed by atoms with Crippen molar-refractivity contribution >= 4 is 11.6 Å². The molecule has 1 aliphatic rings. The largest absolute Gasteiger partial charge is 0.495 e. The molecule has 1 atom stereocenters. The van der Waals surface area contributed by atoms with Crippen LogP contribution in [0.15, 0.2) is 18.2 Å². The highest BCUT2D eigenvalue weighted by Gasteiger charge is 2.17. The number of likely N-dealkylation sites (N-methyl/N-ethyl adjacent to an activating group) is 1. The smallest absolute Gasteiger partial charge is 0.137 e. The first-order valence-corrected chi connectivity index (χ1v) is 7.39. The SMILES string of the molecule is CCN1CCCC(NCc2ccc(OC)c(Cl)c2)C1. The van der Waals surface area contributed by atoms with E-state index in [9.17, 15) is 0 Å². The van der Waals surface area contributed by atoms with Crippen LogP contribution in [0.1, 0.15) is 25.3 Å². The first-order valence-electron chi connectivity index (χ1n) is 7.01. The third kappa shape index (κ3) is 4.10. The fourth-order valence-corrected chi connectivity index (χ4v) is 2.87. The maximum atomic E-state index is 6.14. The predicted octanol–water partition coefficient (Wildman–Crippen LogP) is 2.92. The fourth-order valence-electron chi connectivity index (χ4n) is 2.59. The number of ether oxygens (including phenoxy) is 1. The van der Waals surface area contributed by atoms with E-state index in [0.717, 1.165) is 25.4 Å². The van der Waals surface area contributed by atoms with Crippen molar-refractivity contribution in [1.29, 1.82) is 0 Å². The number of hydrogen-bond donors (Lipinski definition) is 1. The number of benzene rings is 1. The molecule has 106 valence electrons. The average Bonchev–Trinajstić information content (AvgIpc) is 2.45. The van der Waals surface area contributed by atoms with Gasteiger partial charge < -0.3 is 15.0 Å². The van der Waals surface area contributed by atoms with Gasteiger partial charge in [-0.3, -0.25) is 0 Å². The summed E-state index contributed by atoms with van der Waals surface area (Å²) in [6, 6.07) is 6.57. The standard InChI is InChI=1S/C15H23ClN2O/c1-3-18-8-4-5-13(11-18)17-10-12-6-7-15(19-2)14(16)9-12/h6-7,9,13,17H,3-5,8,10-11H2,1-2H3. The molecule has 0 amide bonds. The van der Waals surface area contributed by atoms with Crippen molar-refractivity contribution in [3.05, 3.63) is 28.8 Å². The van der Waals surface area contributed by atoms with Gasteiger partial charge in [0.2, 0.25) is 0 Å². The van der Waals surface area contributed by atoms with Crippen LogP contribution in [-0.2, 0) is 6.54 Å². The van der Waals surface area contributed by atoms with Crippen LogP contribution in [-0.4, -0.2) is 37.7 Å². The molecular weight excluding hydrogens is 260 g/mol. The van der Waals surface area contributed by atoms with Crippen LogP contribution < -0.4 is 10.1 Å². The maximum absolute atomic E-state index is 6.14. The van der Waals surface area contributed by atoms with Gasteiger partial charge in [0.1, 0.15) is 5.75 Å². The van der Waals surface area contributed by atoms with Crippen molar-refractivity contribution in [3.63, 3.8) is 0 Å². The van der Waals surface area contributed by atoms with E-state index in [0.29, 0.717) is 11.1 Å². The van der Waals surface area contributed by atoms with E-state index < -0.39 is 0 Å². The van der Waals surface area contributed by atoms with Gasteiger partial charge in [-0.2, -0.15) is 0 Å². The molecule has 2 rings (SSSR count). The zero-order valence-corrected chi connectivity index (χ0v) is 12.5. The lowest BCUT2D eigenvalue weighted by molar-refractivity contribution is 0.198. The number of likely N-dealkylation sites (tertiary alicyclic amines) is 1. The first kappa shape index (κ1) is 14.6. The summed E-state index contributed by atoms with van der Waals surface area (Å²) in [6.07, 6.45) is 2.55. The summed E-state index contributed by atoms with van der Waals surface area (Å²) in [4.78, 5) is 2.50. The molecule has 0 spiro atoms. The number of methoxy groups -OCH3 is 1. The number of nitrogens with one attached hydrogen (secondary N) is 1. The molecule has 0 saturated carbocycles. The highest BCUT2D eigenvalue weighted by atomic mass is 35.5. The molecule has 1 saturated heterocycles. The molecule has 3 nitrogen and oxygen atoms in total. The maximum Gasteiger partial charge on any atom is 0.137 e. The molecule has 0 aliphatic carbocycles. The van der Waals surface area contributed by atoms with Crippen LogP contribution in [0.5, 0.6) is 5.75 Å². The summed E-state index contributed by atoms with van der Waals surface area (Å²) in [5, 5.41) is 4.31. The van der Waals surface area contributed by atoms with Crippen LogP contribution >= 0.6 is 11.6 Å². The Balaban J connectivity index is 1.86. The monoisotopic (exact) mass is 282 g/mol. The Morgan fingerprint density at radius 2 is 2.32 bits per heavy atom. The van der Waals surface area contributed by atoms with Gasteiger partial charge >= 0.3 is 0 Å². The lowest BCUT2D eigenvalue weighted by Crippen LogP contribution is -2.45. The molecule has 0 aromatic heterocycles. The molecule has 1 aromatic carbocycles. The molecule has 1 N–H and O–H groups in total. The minimum atomic E-state index is 0.592. The zero-order chi connectivity index (χ0) is 13.7. The van der Waals surface area contributed by atoms with E-state index in [-0.39, 0.29) is 0 Å². The molecule has 0 bridgehead atoms. The highest BCUT2D eigenvalue weighted by molar-refractivity contribution is 6.32. The minimum absolute atomic E-state index is 0.592. The molecule has 1 heterocycles. The molecule has 0 radical (unpaired) electrons. The lowest BCUT2D eigenvalue weighted by Gasteiger charge is -2.32. The van der Waals surface area contributed by atoms with Crippen molar-refractivity contribution in [1.82, 2.24) is 10.2 Å². The average molecular weight is 283 g/mol. The fraction of sp³-hybridized carbons (Fsp3) is 0.600. The van der Waals surface area contributed by atoms with Crippen LogP contribution in [0.2, 0.25) is 5.02 Å². The first-order chi connectivity index (χ1) is 9.22. The van der Waals surface area contributed by atoms with E-state index in [1.807, 2.05) is 12.1 Å². The second kappa shape index (κ2) is 7.13. The summed E-state index contributed by atoms with van der Waals surface area (Å²) in [7, 11) is 1.64. The van der Waals surface area contributed by atoms with Gasteiger partial charge in [0, 0.05) is 19.1 Å². The van der Waals surface area contributed by atoms with Crippen molar-refractivity contribution in [2.75, 3.05) is 26.7 Å². The summed E-state index contributed by atoms with van der Waals surface area (Å²) in [5.41, 5.74) is 1.21. The molecule has 1 fully saturated rings. The molecule has 1 aliphatic heterocycles. The van der Waals surface area contributed by atoms with E-state index in [4.69, 9.17) is 16.3 Å². The second-order valence-electron chi connectivity index (χ2n) is 5.08. The Morgan fingerprint density at radius 3 is 3.00 bits per heavy atom. The Morgan fingerprint density at radius 1 is 1.47 bits per heavy atom. The van der Waals surface area contributed by atoms with E-state index >= 15 is 0 Å². The van der Waals surface area contributed by atoms with Crippen molar-refractivity contribution in [2.45, 2.75) is 32.4 Å². The van der Waals surface area contributed by atoms with Gasteiger partial charge in [-0.1, -0.05) is 24.6 Å². The van der Waals surface area contributed by atoms with Crippen LogP contribution in [0.3, 0.4) is 0 Å². The van der Waals surface area contributed by atoms with E-state index in [2.05, 4.69) is 23.2 Å². The second-order valence-corrected chi connectivity index (χ2v) is 5.49. The van der Waals surface area contributed by atoms with Gasteiger partial charge in [0.05, 0.1) is 12.1 Å². The molecule has 4 heteroatoms. The Bertz CT molecular complexity index is 411. The summed E-state index contributed by atoms with van der Waals surface area (Å²) in [5.74, 6) is 0.736. The Labute approximate surface area is 120 Å². The molecule has 1 unspecified atom stereocenters. The van der Waals surface area contributed by atoms with Gasteiger partial charge in [-0.05, 0) is 43.6 Å². The summed E-state index contributed by atoms with van der Waals surface area (Å²) < 4.78 is 5.16.